The Morgan fingerprint density at radius 2 is 1.74 bits per heavy atom. The summed E-state index contributed by atoms with van der Waals surface area (Å²) in [5.41, 5.74) is 0.992. The molecule has 0 unspecified atom stereocenters. The maximum Gasteiger partial charge on any atom is 0.203 e. The molecule has 0 saturated heterocycles. The third kappa shape index (κ3) is 4.25. The Morgan fingerprint density at radius 3 is 2.21 bits per heavy atom. The Hall–Kier alpha value is -2.10. The molecule has 0 saturated carbocycles. The number of allylic oxidation sites excluding steroid dienone is 1. The van der Waals surface area contributed by atoms with E-state index < -0.39 is 0 Å². The fourth-order valence-corrected chi connectivity index (χ4v) is 1.61. The Morgan fingerprint density at radius 1 is 1.11 bits per heavy atom. The monoisotopic (exact) mass is 264 g/mol. The van der Waals surface area contributed by atoms with Crippen LogP contribution in [0.4, 0.5) is 0 Å². The van der Waals surface area contributed by atoms with Gasteiger partial charge < -0.3 is 18.9 Å². The topological polar surface area (TPSA) is 36.9 Å². The van der Waals surface area contributed by atoms with Gasteiger partial charge in [-0.2, -0.15) is 0 Å². The van der Waals surface area contributed by atoms with Crippen molar-refractivity contribution in [2.24, 2.45) is 0 Å². The second-order valence-electron chi connectivity index (χ2n) is 3.64. The largest absolute Gasteiger partial charge is 0.498 e. The Bertz CT molecular complexity index is 413. The molecule has 104 valence electrons. The molecule has 0 atom stereocenters. The summed E-state index contributed by atoms with van der Waals surface area (Å²) in [6, 6.07) is 3.79. The minimum absolute atomic E-state index is 0.391. The van der Waals surface area contributed by atoms with Crippen LogP contribution in [0.2, 0.25) is 0 Å². The summed E-state index contributed by atoms with van der Waals surface area (Å²) < 4.78 is 21.3. The van der Waals surface area contributed by atoms with Gasteiger partial charge in [-0.25, -0.2) is 0 Å². The van der Waals surface area contributed by atoms with Crippen LogP contribution in [0, 0.1) is 0 Å². The summed E-state index contributed by atoms with van der Waals surface area (Å²) in [5, 5.41) is 0. The lowest BCUT2D eigenvalue weighted by Crippen LogP contribution is -2.06. The highest BCUT2D eigenvalue weighted by Gasteiger charge is 2.13. The number of hydrogen-bond acceptors (Lipinski definition) is 4. The zero-order valence-electron chi connectivity index (χ0n) is 11.6. The Kier molecular flexibility index (Phi) is 6.36. The number of rotatable bonds is 8. The molecule has 0 heterocycles. The minimum Gasteiger partial charge on any atom is -0.498 e. The zero-order chi connectivity index (χ0) is 14.1. The molecular weight excluding hydrogens is 244 g/mol. The van der Waals surface area contributed by atoms with E-state index in [1.54, 1.807) is 14.2 Å². The van der Waals surface area contributed by atoms with Crippen LogP contribution in [-0.4, -0.2) is 27.4 Å². The smallest absolute Gasteiger partial charge is 0.203 e. The predicted molar refractivity (Wildman–Crippen MR) is 75.9 cm³/mol. The molecule has 0 radical (unpaired) electrons. The standard InChI is InChI=1S/C15H20O4/c1-5-7-12-10-13(16-3)15(14(11-12)17-4)19-9-8-18-6-2/h5-7,10-11H,2,8-9H2,1,3-4H3/b7-5+. The lowest BCUT2D eigenvalue weighted by Gasteiger charge is -2.15. The van der Waals surface area contributed by atoms with Crippen molar-refractivity contribution < 1.29 is 18.9 Å². The van der Waals surface area contributed by atoms with Crippen LogP contribution in [0.15, 0.2) is 31.0 Å². The van der Waals surface area contributed by atoms with E-state index in [1.165, 1.54) is 6.26 Å². The van der Waals surface area contributed by atoms with Gasteiger partial charge in [0.15, 0.2) is 11.5 Å². The average Bonchev–Trinajstić information content (AvgIpc) is 2.44. The van der Waals surface area contributed by atoms with Crippen LogP contribution in [0.5, 0.6) is 17.2 Å². The van der Waals surface area contributed by atoms with Gasteiger partial charge in [-0.15, -0.1) is 0 Å². The van der Waals surface area contributed by atoms with E-state index in [2.05, 4.69) is 6.58 Å². The maximum absolute atomic E-state index is 5.64. The summed E-state index contributed by atoms with van der Waals surface area (Å²) in [5.74, 6) is 1.84. The summed E-state index contributed by atoms with van der Waals surface area (Å²) in [6.45, 7) is 6.24. The molecule has 1 aromatic carbocycles. The summed E-state index contributed by atoms with van der Waals surface area (Å²) in [4.78, 5) is 0. The van der Waals surface area contributed by atoms with E-state index in [0.29, 0.717) is 30.5 Å². The second kappa shape index (κ2) is 8.08. The molecule has 4 nitrogen and oxygen atoms in total. The van der Waals surface area contributed by atoms with Gasteiger partial charge in [0, 0.05) is 0 Å². The van der Waals surface area contributed by atoms with Gasteiger partial charge in [0.05, 0.1) is 20.5 Å². The molecule has 0 aliphatic rings. The first-order valence-electron chi connectivity index (χ1n) is 6.00. The van der Waals surface area contributed by atoms with Crippen LogP contribution in [0.1, 0.15) is 12.5 Å². The van der Waals surface area contributed by atoms with Crippen molar-refractivity contribution in [3.05, 3.63) is 36.6 Å². The van der Waals surface area contributed by atoms with Gasteiger partial charge >= 0.3 is 0 Å². The van der Waals surface area contributed by atoms with E-state index >= 15 is 0 Å². The summed E-state index contributed by atoms with van der Waals surface area (Å²) in [6.07, 6.45) is 5.30. The van der Waals surface area contributed by atoms with Gasteiger partial charge in [0.1, 0.15) is 13.2 Å². The third-order valence-corrected chi connectivity index (χ3v) is 2.41. The number of benzene rings is 1. The first-order valence-corrected chi connectivity index (χ1v) is 6.00. The predicted octanol–water partition coefficient (Wildman–Crippen LogP) is 3.28. The molecule has 4 heteroatoms. The number of ether oxygens (including phenoxy) is 4. The zero-order valence-corrected chi connectivity index (χ0v) is 11.6. The number of methoxy groups -OCH3 is 2. The number of hydrogen-bond donors (Lipinski definition) is 0. The first-order chi connectivity index (χ1) is 9.26. The van der Waals surface area contributed by atoms with E-state index in [1.807, 2.05) is 31.2 Å². The quantitative estimate of drug-likeness (QED) is 0.533. The molecule has 0 bridgehead atoms. The molecule has 0 amide bonds. The minimum atomic E-state index is 0.391. The van der Waals surface area contributed by atoms with Crippen molar-refractivity contribution in [3.8, 4) is 17.2 Å². The summed E-state index contributed by atoms with van der Waals surface area (Å²) >= 11 is 0. The fourth-order valence-electron chi connectivity index (χ4n) is 1.61. The van der Waals surface area contributed by atoms with Crippen LogP contribution in [0.25, 0.3) is 6.08 Å². The lowest BCUT2D eigenvalue weighted by atomic mass is 10.1. The van der Waals surface area contributed by atoms with Gasteiger partial charge in [-0.05, 0) is 24.6 Å². The Balaban J connectivity index is 2.96. The first kappa shape index (κ1) is 15.0. The van der Waals surface area contributed by atoms with Crippen molar-refractivity contribution in [1.29, 1.82) is 0 Å². The van der Waals surface area contributed by atoms with Gasteiger partial charge in [0.2, 0.25) is 5.75 Å². The van der Waals surface area contributed by atoms with Crippen LogP contribution in [0.3, 0.4) is 0 Å². The van der Waals surface area contributed by atoms with Crippen molar-refractivity contribution in [2.45, 2.75) is 6.92 Å². The normalized spacial score (nSPS) is 10.3. The molecule has 0 N–H and O–H groups in total. The molecule has 1 rings (SSSR count). The molecule has 0 spiro atoms. The fraction of sp³-hybridized carbons (Fsp3) is 0.333. The second-order valence-corrected chi connectivity index (χ2v) is 3.64. The third-order valence-electron chi connectivity index (χ3n) is 2.41. The van der Waals surface area contributed by atoms with E-state index in [9.17, 15) is 0 Å². The highest BCUT2D eigenvalue weighted by molar-refractivity contribution is 5.61. The van der Waals surface area contributed by atoms with Crippen LogP contribution >= 0.6 is 0 Å². The van der Waals surface area contributed by atoms with Gasteiger partial charge in [-0.3, -0.25) is 0 Å². The molecular formula is C15H20O4. The molecule has 0 aliphatic carbocycles. The SMILES string of the molecule is C=COCCOc1c(OC)cc(/C=C/C)cc1OC. The summed E-state index contributed by atoms with van der Waals surface area (Å²) in [7, 11) is 3.20. The lowest BCUT2D eigenvalue weighted by molar-refractivity contribution is 0.172. The van der Waals surface area contributed by atoms with E-state index in [0.717, 1.165) is 5.56 Å². The highest BCUT2D eigenvalue weighted by Crippen LogP contribution is 2.38. The maximum atomic E-state index is 5.64. The molecule has 1 aromatic rings. The Labute approximate surface area is 114 Å². The van der Waals surface area contributed by atoms with Crippen LogP contribution < -0.4 is 14.2 Å². The molecule has 19 heavy (non-hydrogen) atoms. The van der Waals surface area contributed by atoms with Crippen LogP contribution in [-0.2, 0) is 4.74 Å². The van der Waals surface area contributed by atoms with Crippen molar-refractivity contribution in [2.75, 3.05) is 27.4 Å². The van der Waals surface area contributed by atoms with Gasteiger partial charge in [-0.1, -0.05) is 18.7 Å². The highest BCUT2D eigenvalue weighted by atomic mass is 16.6. The molecule has 0 aliphatic heterocycles. The van der Waals surface area contributed by atoms with E-state index in [-0.39, 0.29) is 0 Å². The molecule has 0 aromatic heterocycles. The van der Waals surface area contributed by atoms with Crippen molar-refractivity contribution in [3.63, 3.8) is 0 Å². The van der Waals surface area contributed by atoms with Crippen molar-refractivity contribution >= 4 is 6.08 Å². The average molecular weight is 264 g/mol. The van der Waals surface area contributed by atoms with E-state index in [4.69, 9.17) is 18.9 Å². The molecule has 0 fully saturated rings. The van der Waals surface area contributed by atoms with Gasteiger partial charge in [0.25, 0.3) is 0 Å². The van der Waals surface area contributed by atoms with Crippen molar-refractivity contribution in [1.82, 2.24) is 0 Å².